The molecule has 0 aromatic heterocycles. The van der Waals surface area contributed by atoms with Crippen LogP contribution in [0.25, 0.3) is 0 Å². The van der Waals surface area contributed by atoms with Gasteiger partial charge in [0.1, 0.15) is 0 Å². The zero-order valence-corrected chi connectivity index (χ0v) is 19.2. The minimum absolute atomic E-state index is 0.0369. The van der Waals surface area contributed by atoms with E-state index < -0.39 is 18.0 Å². The van der Waals surface area contributed by atoms with Gasteiger partial charge in [0.2, 0.25) is 11.8 Å². The summed E-state index contributed by atoms with van der Waals surface area (Å²) in [6.07, 6.45) is -1.34. The number of amides is 2. The number of carbonyl (C=O) groups is 2. The second kappa shape index (κ2) is 9.41. The first kappa shape index (κ1) is 23.7. The summed E-state index contributed by atoms with van der Waals surface area (Å²) >= 11 is 1.64. The summed E-state index contributed by atoms with van der Waals surface area (Å²) in [6, 6.07) is 15.4. The minimum atomic E-state index is -4.67. The van der Waals surface area contributed by atoms with Gasteiger partial charge in [-0.25, -0.2) is 0 Å². The van der Waals surface area contributed by atoms with Gasteiger partial charge >= 0.3 is 6.18 Å². The monoisotopic (exact) mass is 476 g/mol. The summed E-state index contributed by atoms with van der Waals surface area (Å²) in [7, 11) is 0. The number of thioether (sulfide) groups is 1. The van der Waals surface area contributed by atoms with E-state index in [1.165, 1.54) is 29.2 Å². The Bertz CT molecular complexity index is 1000. The van der Waals surface area contributed by atoms with Crippen molar-refractivity contribution in [1.29, 1.82) is 0 Å². The topological polar surface area (TPSA) is 49.4 Å². The molecule has 2 aliphatic heterocycles. The molecule has 4 rings (SSSR count). The molecule has 1 N–H and O–H groups in total. The van der Waals surface area contributed by atoms with Crippen molar-refractivity contribution in [1.82, 2.24) is 10.2 Å². The number of halogens is 3. The van der Waals surface area contributed by atoms with Crippen LogP contribution >= 0.6 is 11.8 Å². The molecule has 33 heavy (non-hydrogen) atoms. The highest BCUT2D eigenvalue weighted by Crippen LogP contribution is 2.51. The normalized spacial score (nSPS) is 21.5. The van der Waals surface area contributed by atoms with Gasteiger partial charge in [-0.3, -0.25) is 9.59 Å². The molecule has 176 valence electrons. The van der Waals surface area contributed by atoms with E-state index in [2.05, 4.69) is 17.4 Å². The molecule has 8 heteroatoms. The first-order valence-electron chi connectivity index (χ1n) is 11.1. The van der Waals surface area contributed by atoms with Crippen molar-refractivity contribution in [3.63, 3.8) is 0 Å². The summed E-state index contributed by atoms with van der Waals surface area (Å²) in [5.74, 6) is -3.06. The van der Waals surface area contributed by atoms with E-state index in [-0.39, 0.29) is 35.9 Å². The molecule has 2 aromatic rings. The van der Waals surface area contributed by atoms with Crippen molar-refractivity contribution in [2.75, 3.05) is 25.9 Å². The third kappa shape index (κ3) is 4.76. The number of hydrogen-bond acceptors (Lipinski definition) is 3. The summed E-state index contributed by atoms with van der Waals surface area (Å²) in [4.78, 5) is 27.9. The smallest absolute Gasteiger partial charge is 0.355 e. The van der Waals surface area contributed by atoms with Gasteiger partial charge in [0, 0.05) is 36.9 Å². The van der Waals surface area contributed by atoms with Gasteiger partial charge in [0.15, 0.2) is 5.92 Å². The average Bonchev–Trinajstić information content (AvgIpc) is 2.79. The molecule has 2 saturated heterocycles. The third-order valence-electron chi connectivity index (χ3n) is 7.05. The fourth-order valence-electron chi connectivity index (χ4n) is 5.33. The molecular weight excluding hydrogens is 449 g/mol. The molecular formula is C25H27F3N2O2S. The van der Waals surface area contributed by atoms with Crippen LogP contribution in [0.1, 0.15) is 42.2 Å². The number of nitrogens with one attached hydrogen (secondary N) is 1. The molecule has 1 spiro atoms. The number of benzene rings is 2. The summed E-state index contributed by atoms with van der Waals surface area (Å²) in [6.45, 7) is 0.923. The van der Waals surface area contributed by atoms with E-state index in [1.807, 2.05) is 18.4 Å². The molecule has 0 radical (unpaired) electrons. The first-order valence-corrected chi connectivity index (χ1v) is 12.3. The predicted molar refractivity (Wildman–Crippen MR) is 122 cm³/mol. The number of likely N-dealkylation sites (tertiary alicyclic amines) is 1. The summed E-state index contributed by atoms with van der Waals surface area (Å²) in [5.41, 5.74) is 0.743. The van der Waals surface area contributed by atoms with Gasteiger partial charge in [-0.15, -0.1) is 11.8 Å². The van der Waals surface area contributed by atoms with E-state index in [4.69, 9.17) is 0 Å². The quantitative estimate of drug-likeness (QED) is 0.634. The van der Waals surface area contributed by atoms with Crippen LogP contribution in [0.15, 0.2) is 59.5 Å². The van der Waals surface area contributed by atoms with Gasteiger partial charge in [0.05, 0.1) is 0 Å². The molecule has 2 aliphatic rings. The molecule has 0 aliphatic carbocycles. The van der Waals surface area contributed by atoms with Gasteiger partial charge in [-0.2, -0.15) is 13.2 Å². The largest absolute Gasteiger partial charge is 0.404 e. The van der Waals surface area contributed by atoms with Crippen molar-refractivity contribution in [2.24, 2.45) is 5.41 Å². The SMILES string of the molecule is CSc1ccccc1C1CNC(=O)CC12CCN(C(=O)C(c1ccccc1)C(F)(F)F)CC2. The van der Waals surface area contributed by atoms with Crippen LogP contribution in [-0.4, -0.2) is 48.8 Å². The highest BCUT2D eigenvalue weighted by atomic mass is 32.2. The molecule has 0 saturated carbocycles. The van der Waals surface area contributed by atoms with Crippen molar-refractivity contribution in [2.45, 2.75) is 42.2 Å². The molecule has 2 heterocycles. The Labute approximate surface area is 195 Å². The maximum absolute atomic E-state index is 13.9. The molecule has 2 unspecified atom stereocenters. The number of rotatable bonds is 4. The highest BCUT2D eigenvalue weighted by molar-refractivity contribution is 7.98. The maximum Gasteiger partial charge on any atom is 0.404 e. The Morgan fingerprint density at radius 1 is 1.09 bits per heavy atom. The van der Waals surface area contributed by atoms with Gasteiger partial charge in [-0.05, 0) is 41.7 Å². The summed E-state index contributed by atoms with van der Waals surface area (Å²) < 4.78 is 41.6. The Morgan fingerprint density at radius 3 is 2.36 bits per heavy atom. The van der Waals surface area contributed by atoms with Gasteiger partial charge < -0.3 is 10.2 Å². The number of nitrogens with zero attached hydrogens (tertiary/aromatic N) is 1. The van der Waals surface area contributed by atoms with Crippen molar-refractivity contribution >= 4 is 23.6 Å². The highest BCUT2D eigenvalue weighted by Gasteiger charge is 2.51. The molecule has 2 fully saturated rings. The van der Waals surface area contributed by atoms with E-state index >= 15 is 0 Å². The second-order valence-electron chi connectivity index (χ2n) is 8.85. The van der Waals surface area contributed by atoms with Crippen LogP contribution in [0.3, 0.4) is 0 Å². The summed E-state index contributed by atoms with van der Waals surface area (Å²) in [5, 5.41) is 2.97. The number of carbonyl (C=O) groups excluding carboxylic acids is 2. The fourth-order valence-corrected chi connectivity index (χ4v) is 5.99. The number of alkyl halides is 3. The standard InChI is InChI=1S/C25H27F3N2O2S/c1-33-20-10-6-5-9-18(20)19-16-29-21(31)15-24(19)11-13-30(14-12-24)23(32)22(25(26,27)28)17-7-3-2-4-8-17/h2-10,19,22H,11-16H2,1H3,(H,29,31). The number of hydrogen-bond donors (Lipinski definition) is 1. The number of piperidine rings is 2. The minimum Gasteiger partial charge on any atom is -0.355 e. The Hall–Kier alpha value is -2.48. The van der Waals surface area contributed by atoms with Crippen molar-refractivity contribution < 1.29 is 22.8 Å². The lowest BCUT2D eigenvalue weighted by Crippen LogP contribution is -2.54. The fraction of sp³-hybridized carbons (Fsp3) is 0.440. The Morgan fingerprint density at radius 2 is 1.73 bits per heavy atom. The second-order valence-corrected chi connectivity index (χ2v) is 9.70. The van der Waals surface area contributed by atoms with Crippen LogP contribution in [-0.2, 0) is 9.59 Å². The van der Waals surface area contributed by atoms with Crippen LogP contribution in [0, 0.1) is 5.41 Å². The van der Waals surface area contributed by atoms with Crippen LogP contribution in [0.5, 0.6) is 0 Å². The van der Waals surface area contributed by atoms with Gasteiger partial charge in [-0.1, -0.05) is 48.5 Å². The predicted octanol–water partition coefficient (Wildman–Crippen LogP) is 4.97. The zero-order valence-electron chi connectivity index (χ0n) is 18.4. The van der Waals surface area contributed by atoms with E-state index in [1.54, 1.807) is 17.8 Å². The molecule has 4 nitrogen and oxygen atoms in total. The van der Waals surface area contributed by atoms with Gasteiger partial charge in [0.25, 0.3) is 0 Å². The Balaban J connectivity index is 1.58. The van der Waals surface area contributed by atoms with E-state index in [9.17, 15) is 22.8 Å². The lowest BCUT2D eigenvalue weighted by Gasteiger charge is -2.49. The lowest BCUT2D eigenvalue weighted by atomic mass is 9.62. The first-order chi connectivity index (χ1) is 15.7. The van der Waals surface area contributed by atoms with Crippen LogP contribution < -0.4 is 5.32 Å². The third-order valence-corrected chi connectivity index (χ3v) is 7.86. The lowest BCUT2D eigenvalue weighted by molar-refractivity contribution is -0.173. The average molecular weight is 477 g/mol. The van der Waals surface area contributed by atoms with Crippen LogP contribution in [0.4, 0.5) is 13.2 Å². The van der Waals surface area contributed by atoms with Crippen molar-refractivity contribution in [3.05, 3.63) is 65.7 Å². The maximum atomic E-state index is 13.9. The molecule has 0 bridgehead atoms. The zero-order chi connectivity index (χ0) is 23.6. The van der Waals surface area contributed by atoms with E-state index in [0.29, 0.717) is 25.8 Å². The Kier molecular flexibility index (Phi) is 6.75. The molecule has 2 amide bonds. The van der Waals surface area contributed by atoms with Crippen molar-refractivity contribution in [3.8, 4) is 0 Å². The molecule has 2 aromatic carbocycles. The van der Waals surface area contributed by atoms with E-state index in [0.717, 1.165) is 10.5 Å². The van der Waals surface area contributed by atoms with Crippen LogP contribution in [0.2, 0.25) is 0 Å². The molecule has 2 atom stereocenters.